The summed E-state index contributed by atoms with van der Waals surface area (Å²) in [6, 6.07) is 13.5. The van der Waals surface area contributed by atoms with Crippen LogP contribution in [0, 0.1) is 13.8 Å². The number of ether oxygens (including phenoxy) is 1. The molecule has 0 heterocycles. The van der Waals surface area contributed by atoms with Crippen LogP contribution < -0.4 is 10.5 Å². The van der Waals surface area contributed by atoms with Gasteiger partial charge in [0.2, 0.25) is 0 Å². The van der Waals surface area contributed by atoms with Crippen LogP contribution in [0.4, 0.5) is 0 Å². The third-order valence-corrected chi connectivity index (χ3v) is 3.13. The molecule has 0 fully saturated rings. The monoisotopic (exact) mass is 275 g/mol. The summed E-state index contributed by atoms with van der Waals surface area (Å²) in [6.45, 7) is 4.57. The summed E-state index contributed by atoms with van der Waals surface area (Å²) in [7, 11) is 0. The number of nitrogens with two attached hydrogens (primary N) is 1. The topological polar surface area (TPSA) is 35.2 Å². The van der Waals surface area contributed by atoms with Crippen molar-refractivity contribution in [3.63, 3.8) is 0 Å². The van der Waals surface area contributed by atoms with Gasteiger partial charge in [0.15, 0.2) is 0 Å². The molecule has 0 amide bonds. The molecule has 0 saturated heterocycles. The first-order chi connectivity index (χ1) is 9.04. The number of benzene rings is 2. The second kappa shape index (κ2) is 6.09. The summed E-state index contributed by atoms with van der Waals surface area (Å²) in [5, 5.41) is 0.664. The zero-order valence-corrected chi connectivity index (χ0v) is 11.9. The number of hydrogen-bond donors (Lipinski definition) is 1. The van der Waals surface area contributed by atoms with E-state index in [1.165, 1.54) is 11.1 Å². The van der Waals surface area contributed by atoms with E-state index < -0.39 is 0 Å². The fourth-order valence-corrected chi connectivity index (χ4v) is 2.24. The fraction of sp³-hybridized carbons (Fsp3) is 0.250. The minimum absolute atomic E-state index is 0.141. The van der Waals surface area contributed by atoms with Crippen LogP contribution in [0.2, 0.25) is 5.02 Å². The van der Waals surface area contributed by atoms with Gasteiger partial charge in [-0.1, -0.05) is 47.0 Å². The highest BCUT2D eigenvalue weighted by atomic mass is 35.5. The van der Waals surface area contributed by atoms with Crippen LogP contribution >= 0.6 is 11.6 Å². The Morgan fingerprint density at radius 3 is 2.42 bits per heavy atom. The molecule has 0 saturated carbocycles. The molecule has 0 aliphatic carbocycles. The van der Waals surface area contributed by atoms with E-state index in [1.54, 1.807) is 6.07 Å². The average molecular weight is 276 g/mol. The molecule has 0 radical (unpaired) electrons. The Morgan fingerprint density at radius 1 is 1.11 bits per heavy atom. The van der Waals surface area contributed by atoms with Crippen molar-refractivity contribution >= 4 is 11.6 Å². The Hall–Kier alpha value is -1.51. The number of rotatable bonds is 4. The second-order valence-electron chi connectivity index (χ2n) is 4.80. The number of aryl methyl sites for hydroxylation is 2. The maximum atomic E-state index is 6.16. The van der Waals surface area contributed by atoms with E-state index in [2.05, 4.69) is 32.0 Å². The van der Waals surface area contributed by atoms with E-state index in [-0.39, 0.29) is 6.04 Å². The summed E-state index contributed by atoms with van der Waals surface area (Å²) in [4.78, 5) is 0. The minimum Gasteiger partial charge on any atom is -0.492 e. The summed E-state index contributed by atoms with van der Waals surface area (Å²) >= 11 is 5.91. The zero-order chi connectivity index (χ0) is 13.8. The highest BCUT2D eigenvalue weighted by Gasteiger charge is 2.08. The van der Waals surface area contributed by atoms with Crippen LogP contribution in [-0.4, -0.2) is 6.61 Å². The Labute approximate surface area is 119 Å². The van der Waals surface area contributed by atoms with Crippen molar-refractivity contribution in [3.8, 4) is 5.75 Å². The van der Waals surface area contributed by atoms with Crippen molar-refractivity contribution in [2.24, 2.45) is 5.73 Å². The molecule has 2 nitrogen and oxygen atoms in total. The van der Waals surface area contributed by atoms with Crippen LogP contribution in [-0.2, 0) is 0 Å². The van der Waals surface area contributed by atoms with Gasteiger partial charge >= 0.3 is 0 Å². The van der Waals surface area contributed by atoms with Crippen molar-refractivity contribution in [2.75, 3.05) is 6.61 Å². The predicted octanol–water partition coefficient (Wildman–Crippen LogP) is 4.04. The lowest BCUT2D eigenvalue weighted by atomic mass is 10.0. The van der Waals surface area contributed by atoms with E-state index >= 15 is 0 Å². The molecule has 3 heteroatoms. The van der Waals surface area contributed by atoms with Crippen LogP contribution in [0.1, 0.15) is 22.7 Å². The van der Waals surface area contributed by atoms with E-state index in [4.69, 9.17) is 22.1 Å². The van der Waals surface area contributed by atoms with E-state index in [9.17, 15) is 0 Å². The number of hydrogen-bond acceptors (Lipinski definition) is 2. The summed E-state index contributed by atoms with van der Waals surface area (Å²) < 4.78 is 5.67. The Morgan fingerprint density at radius 2 is 1.79 bits per heavy atom. The lowest BCUT2D eigenvalue weighted by Gasteiger charge is -2.15. The fourth-order valence-electron chi connectivity index (χ4n) is 2.06. The summed E-state index contributed by atoms with van der Waals surface area (Å²) in [5.74, 6) is 0.743. The molecule has 2 aromatic rings. The molecule has 0 spiro atoms. The second-order valence-corrected chi connectivity index (χ2v) is 5.23. The molecule has 19 heavy (non-hydrogen) atoms. The molecule has 1 unspecified atom stereocenters. The van der Waals surface area contributed by atoms with Gasteiger partial charge in [-0.3, -0.25) is 0 Å². The first-order valence-electron chi connectivity index (χ1n) is 6.27. The van der Waals surface area contributed by atoms with Crippen molar-refractivity contribution in [1.82, 2.24) is 0 Å². The molecule has 2 rings (SSSR count). The van der Waals surface area contributed by atoms with Crippen LogP contribution in [0.3, 0.4) is 0 Å². The maximum Gasteiger partial charge on any atom is 0.120 e. The first kappa shape index (κ1) is 13.9. The average Bonchev–Trinajstić information content (AvgIpc) is 2.35. The molecular weight excluding hydrogens is 258 g/mol. The van der Waals surface area contributed by atoms with E-state index in [0.29, 0.717) is 11.6 Å². The lowest BCUT2D eigenvalue weighted by Crippen LogP contribution is -2.19. The normalized spacial score (nSPS) is 12.2. The van der Waals surface area contributed by atoms with Gasteiger partial charge in [-0.2, -0.15) is 0 Å². The molecule has 100 valence electrons. The molecule has 2 aromatic carbocycles. The van der Waals surface area contributed by atoms with Crippen LogP contribution in [0.25, 0.3) is 0 Å². The van der Waals surface area contributed by atoms with Gasteiger partial charge in [0.05, 0.1) is 6.04 Å². The maximum absolute atomic E-state index is 6.16. The smallest absolute Gasteiger partial charge is 0.120 e. The van der Waals surface area contributed by atoms with Gasteiger partial charge in [-0.15, -0.1) is 0 Å². The van der Waals surface area contributed by atoms with Crippen LogP contribution in [0.5, 0.6) is 5.75 Å². The molecular formula is C16H18ClNO. The highest BCUT2D eigenvalue weighted by Crippen LogP contribution is 2.20. The third kappa shape index (κ3) is 3.98. The summed E-state index contributed by atoms with van der Waals surface area (Å²) in [5.41, 5.74) is 9.69. The standard InChI is InChI=1S/C16H18ClNO/c1-11-6-12(2)8-13(7-11)16(18)10-19-15-5-3-4-14(17)9-15/h3-9,16H,10,18H2,1-2H3. The first-order valence-corrected chi connectivity index (χ1v) is 6.64. The largest absolute Gasteiger partial charge is 0.492 e. The Balaban J connectivity index is 2.03. The molecule has 0 bridgehead atoms. The van der Waals surface area contributed by atoms with Gasteiger partial charge < -0.3 is 10.5 Å². The molecule has 2 N–H and O–H groups in total. The van der Waals surface area contributed by atoms with Gasteiger partial charge in [0.1, 0.15) is 12.4 Å². The van der Waals surface area contributed by atoms with Gasteiger partial charge in [-0.25, -0.2) is 0 Å². The summed E-state index contributed by atoms with van der Waals surface area (Å²) in [6.07, 6.45) is 0. The Kier molecular flexibility index (Phi) is 4.46. The van der Waals surface area contributed by atoms with Crippen molar-refractivity contribution in [3.05, 3.63) is 64.2 Å². The van der Waals surface area contributed by atoms with E-state index in [0.717, 1.165) is 11.3 Å². The molecule has 0 aliphatic rings. The quantitative estimate of drug-likeness (QED) is 0.914. The third-order valence-electron chi connectivity index (χ3n) is 2.90. The molecule has 0 aromatic heterocycles. The Bertz CT molecular complexity index is 548. The van der Waals surface area contributed by atoms with Crippen LogP contribution in [0.15, 0.2) is 42.5 Å². The predicted molar refractivity (Wildman–Crippen MR) is 79.8 cm³/mol. The van der Waals surface area contributed by atoms with Gasteiger partial charge in [0.25, 0.3) is 0 Å². The molecule has 1 atom stereocenters. The van der Waals surface area contributed by atoms with E-state index in [1.807, 2.05) is 18.2 Å². The van der Waals surface area contributed by atoms with Crippen molar-refractivity contribution in [1.29, 1.82) is 0 Å². The lowest BCUT2D eigenvalue weighted by molar-refractivity contribution is 0.290. The minimum atomic E-state index is -0.141. The molecule has 0 aliphatic heterocycles. The SMILES string of the molecule is Cc1cc(C)cc(C(N)COc2cccc(Cl)c2)c1. The van der Waals surface area contributed by atoms with Gasteiger partial charge in [-0.05, 0) is 37.6 Å². The highest BCUT2D eigenvalue weighted by molar-refractivity contribution is 6.30. The van der Waals surface area contributed by atoms with Crippen molar-refractivity contribution in [2.45, 2.75) is 19.9 Å². The van der Waals surface area contributed by atoms with Gasteiger partial charge in [0, 0.05) is 5.02 Å². The number of halogens is 1. The van der Waals surface area contributed by atoms with Crippen molar-refractivity contribution < 1.29 is 4.74 Å². The zero-order valence-electron chi connectivity index (χ0n) is 11.2.